The van der Waals surface area contributed by atoms with Gasteiger partial charge in [0.2, 0.25) is 17.7 Å². The van der Waals surface area contributed by atoms with E-state index in [2.05, 4.69) is 20.3 Å². The van der Waals surface area contributed by atoms with E-state index in [9.17, 15) is 14.0 Å². The van der Waals surface area contributed by atoms with E-state index in [4.69, 9.17) is 9.47 Å². The van der Waals surface area contributed by atoms with Crippen LogP contribution in [0.2, 0.25) is 0 Å². The maximum atomic E-state index is 13.0. The standard InChI is InChI=1S/C26H27FN6O4/c1-16(2)31-24(34)17-14-32(15-17)26-29-11-19(12-30-26)33-10-9-22(25(33)35)36-21-7-8-23(28-13-21)37-20-5-3-18(27)4-6-20/h3-8,11-13,16-17,22H,9-10,14-15H2,1-2H3,(H,31,34)/t22-/m1/s1. The summed E-state index contributed by atoms with van der Waals surface area (Å²) in [6.45, 7) is 5.49. The van der Waals surface area contributed by atoms with Crippen molar-refractivity contribution >= 4 is 23.5 Å². The van der Waals surface area contributed by atoms with Crippen molar-refractivity contribution in [3.8, 4) is 17.4 Å². The Morgan fingerprint density at radius 1 is 1.03 bits per heavy atom. The third-order valence-corrected chi connectivity index (χ3v) is 6.08. The number of aromatic nitrogens is 3. The number of nitrogens with one attached hydrogen (secondary N) is 1. The van der Waals surface area contributed by atoms with Gasteiger partial charge in [-0.25, -0.2) is 19.3 Å². The number of amides is 2. The second kappa shape index (κ2) is 10.4. The van der Waals surface area contributed by atoms with Gasteiger partial charge in [-0.2, -0.15) is 0 Å². The Morgan fingerprint density at radius 2 is 1.73 bits per heavy atom. The van der Waals surface area contributed by atoms with Crippen molar-refractivity contribution in [3.63, 3.8) is 0 Å². The van der Waals surface area contributed by atoms with Crippen molar-refractivity contribution < 1.29 is 23.5 Å². The zero-order valence-electron chi connectivity index (χ0n) is 20.5. The number of hydrogen-bond donors (Lipinski definition) is 1. The van der Waals surface area contributed by atoms with Crippen LogP contribution in [0.25, 0.3) is 0 Å². The Morgan fingerprint density at radius 3 is 2.38 bits per heavy atom. The van der Waals surface area contributed by atoms with E-state index in [-0.39, 0.29) is 29.6 Å². The van der Waals surface area contributed by atoms with Crippen molar-refractivity contribution in [2.24, 2.45) is 5.92 Å². The molecule has 37 heavy (non-hydrogen) atoms. The van der Waals surface area contributed by atoms with E-state index in [1.807, 2.05) is 18.7 Å². The van der Waals surface area contributed by atoms with Gasteiger partial charge in [-0.1, -0.05) is 0 Å². The maximum absolute atomic E-state index is 13.0. The topological polar surface area (TPSA) is 110 Å². The molecular weight excluding hydrogens is 479 g/mol. The van der Waals surface area contributed by atoms with Crippen molar-refractivity contribution in [2.45, 2.75) is 32.4 Å². The fourth-order valence-electron chi connectivity index (χ4n) is 4.13. The first kappa shape index (κ1) is 24.4. The molecule has 0 spiro atoms. The fourth-order valence-corrected chi connectivity index (χ4v) is 4.13. The molecule has 192 valence electrons. The summed E-state index contributed by atoms with van der Waals surface area (Å²) in [6, 6.07) is 9.03. The third-order valence-electron chi connectivity index (χ3n) is 6.08. The number of carbonyl (C=O) groups is 2. The lowest BCUT2D eigenvalue weighted by molar-refractivity contribution is -0.126. The second-order valence-corrected chi connectivity index (χ2v) is 9.28. The molecule has 1 atom stereocenters. The van der Waals surface area contributed by atoms with Crippen LogP contribution < -0.4 is 24.6 Å². The molecule has 2 aliphatic heterocycles. The van der Waals surface area contributed by atoms with Gasteiger partial charge in [0.1, 0.15) is 17.3 Å². The molecule has 2 aliphatic rings. The quantitative estimate of drug-likeness (QED) is 0.497. The van der Waals surface area contributed by atoms with Crippen LogP contribution in [-0.2, 0) is 9.59 Å². The number of pyridine rings is 1. The molecule has 0 unspecified atom stereocenters. The molecular formula is C26H27FN6O4. The summed E-state index contributed by atoms with van der Waals surface area (Å²) < 4.78 is 24.5. The van der Waals surface area contributed by atoms with Gasteiger partial charge >= 0.3 is 0 Å². The zero-order chi connectivity index (χ0) is 25.9. The van der Waals surface area contributed by atoms with E-state index >= 15 is 0 Å². The van der Waals surface area contributed by atoms with E-state index < -0.39 is 6.10 Å². The molecule has 2 amide bonds. The lowest BCUT2D eigenvalue weighted by Gasteiger charge is -2.38. The molecule has 1 aromatic carbocycles. The minimum atomic E-state index is -0.652. The highest BCUT2D eigenvalue weighted by Crippen LogP contribution is 2.27. The molecule has 0 saturated carbocycles. The molecule has 2 aromatic heterocycles. The molecule has 3 aromatic rings. The van der Waals surface area contributed by atoms with Gasteiger partial charge in [0.15, 0.2) is 6.10 Å². The predicted octanol–water partition coefficient (Wildman–Crippen LogP) is 2.95. The van der Waals surface area contributed by atoms with Gasteiger partial charge in [-0.05, 0) is 44.2 Å². The fraction of sp³-hybridized carbons (Fsp3) is 0.346. The van der Waals surface area contributed by atoms with Gasteiger partial charge in [-0.3, -0.25) is 9.59 Å². The number of nitrogens with zero attached hydrogens (tertiary/aromatic N) is 5. The minimum Gasteiger partial charge on any atom is -0.479 e. The smallest absolute Gasteiger partial charge is 0.268 e. The van der Waals surface area contributed by atoms with Crippen LogP contribution in [-0.4, -0.2) is 58.5 Å². The van der Waals surface area contributed by atoms with Crippen LogP contribution in [0, 0.1) is 11.7 Å². The molecule has 0 radical (unpaired) electrons. The van der Waals surface area contributed by atoms with Crippen LogP contribution in [0.3, 0.4) is 0 Å². The Balaban J connectivity index is 1.13. The molecule has 2 fully saturated rings. The van der Waals surface area contributed by atoms with Crippen LogP contribution in [0.15, 0.2) is 55.0 Å². The molecule has 2 saturated heterocycles. The first-order valence-electron chi connectivity index (χ1n) is 12.1. The number of anilines is 2. The number of rotatable bonds is 8. The number of ether oxygens (including phenoxy) is 2. The number of halogens is 1. The van der Waals surface area contributed by atoms with Gasteiger partial charge < -0.3 is 24.6 Å². The highest BCUT2D eigenvalue weighted by Gasteiger charge is 2.36. The molecule has 11 heteroatoms. The summed E-state index contributed by atoms with van der Waals surface area (Å²) in [5, 5.41) is 2.92. The van der Waals surface area contributed by atoms with Gasteiger partial charge in [-0.15, -0.1) is 0 Å². The van der Waals surface area contributed by atoms with E-state index in [0.29, 0.717) is 55.1 Å². The Labute approximate surface area is 213 Å². The molecule has 4 heterocycles. The summed E-state index contributed by atoms with van der Waals surface area (Å²) in [7, 11) is 0. The third kappa shape index (κ3) is 5.60. The van der Waals surface area contributed by atoms with Crippen LogP contribution in [0.4, 0.5) is 16.0 Å². The van der Waals surface area contributed by atoms with Crippen molar-refractivity contribution in [1.82, 2.24) is 20.3 Å². The molecule has 5 rings (SSSR count). The first-order chi connectivity index (χ1) is 17.9. The van der Waals surface area contributed by atoms with Gasteiger partial charge in [0.05, 0.1) is 30.2 Å². The van der Waals surface area contributed by atoms with E-state index in [1.54, 1.807) is 29.4 Å². The van der Waals surface area contributed by atoms with Crippen LogP contribution in [0.5, 0.6) is 17.4 Å². The number of hydrogen-bond acceptors (Lipinski definition) is 8. The summed E-state index contributed by atoms with van der Waals surface area (Å²) >= 11 is 0. The van der Waals surface area contributed by atoms with Crippen LogP contribution >= 0.6 is 0 Å². The maximum Gasteiger partial charge on any atom is 0.268 e. The van der Waals surface area contributed by atoms with Gasteiger partial charge in [0, 0.05) is 38.2 Å². The Hall–Kier alpha value is -4.28. The van der Waals surface area contributed by atoms with Crippen LogP contribution in [0.1, 0.15) is 20.3 Å². The number of benzene rings is 1. The normalized spacial score (nSPS) is 17.6. The average molecular weight is 507 g/mol. The molecule has 10 nitrogen and oxygen atoms in total. The van der Waals surface area contributed by atoms with Crippen molar-refractivity contribution in [1.29, 1.82) is 0 Å². The SMILES string of the molecule is CC(C)NC(=O)C1CN(c2ncc(N3CC[C@@H](Oc4ccc(Oc5ccc(F)cc5)nc4)C3=O)cn2)C1. The summed E-state index contributed by atoms with van der Waals surface area (Å²) in [4.78, 5) is 41.6. The largest absolute Gasteiger partial charge is 0.479 e. The highest BCUT2D eigenvalue weighted by atomic mass is 19.1. The monoisotopic (exact) mass is 506 g/mol. The summed E-state index contributed by atoms with van der Waals surface area (Å²) in [5.74, 6) is 1.20. The summed E-state index contributed by atoms with van der Waals surface area (Å²) in [5.41, 5.74) is 0.593. The van der Waals surface area contributed by atoms with E-state index in [1.165, 1.54) is 30.5 Å². The predicted molar refractivity (Wildman–Crippen MR) is 133 cm³/mol. The molecule has 0 bridgehead atoms. The number of carbonyl (C=O) groups excluding carboxylic acids is 2. The highest BCUT2D eigenvalue weighted by molar-refractivity contribution is 5.98. The molecule has 0 aliphatic carbocycles. The molecule has 1 N–H and O–H groups in total. The van der Waals surface area contributed by atoms with E-state index in [0.717, 1.165) is 0 Å². The van der Waals surface area contributed by atoms with Gasteiger partial charge in [0.25, 0.3) is 5.91 Å². The lowest BCUT2D eigenvalue weighted by Crippen LogP contribution is -2.55. The Bertz CT molecular complexity index is 1250. The second-order valence-electron chi connectivity index (χ2n) is 9.28. The summed E-state index contributed by atoms with van der Waals surface area (Å²) in [6.07, 6.45) is 4.57. The average Bonchev–Trinajstić information content (AvgIpc) is 3.20. The van der Waals surface area contributed by atoms with Crippen molar-refractivity contribution in [3.05, 3.63) is 60.8 Å². The lowest BCUT2D eigenvalue weighted by atomic mass is 9.99. The zero-order valence-corrected chi connectivity index (χ0v) is 20.5. The Kier molecular flexibility index (Phi) is 6.85. The minimum absolute atomic E-state index is 0.0434. The van der Waals surface area contributed by atoms with Crippen molar-refractivity contribution in [2.75, 3.05) is 29.4 Å². The first-order valence-corrected chi connectivity index (χ1v) is 12.1.